The molecule has 16 heavy (non-hydrogen) atoms. The molecule has 1 aromatic heterocycles. The molecule has 5 nitrogen and oxygen atoms in total. The predicted molar refractivity (Wildman–Crippen MR) is 64.9 cm³/mol. The zero-order chi connectivity index (χ0) is 12.0. The van der Waals surface area contributed by atoms with E-state index in [1.54, 1.807) is 0 Å². The number of ether oxygens (including phenoxy) is 1. The lowest BCUT2D eigenvalue weighted by atomic mass is 10.4. The van der Waals surface area contributed by atoms with Crippen molar-refractivity contribution in [3.05, 3.63) is 11.8 Å². The first-order chi connectivity index (χ1) is 7.67. The van der Waals surface area contributed by atoms with Crippen molar-refractivity contribution in [2.45, 2.75) is 20.3 Å². The minimum absolute atomic E-state index is 0.582. The van der Waals surface area contributed by atoms with Crippen molar-refractivity contribution in [1.82, 2.24) is 9.97 Å². The van der Waals surface area contributed by atoms with Crippen LogP contribution in [0, 0.1) is 6.92 Å². The third kappa shape index (κ3) is 3.66. The van der Waals surface area contributed by atoms with Crippen LogP contribution in [-0.2, 0) is 0 Å². The summed E-state index contributed by atoms with van der Waals surface area (Å²) >= 11 is 0. The second kappa shape index (κ2) is 6.27. The Morgan fingerprint density at radius 1 is 1.44 bits per heavy atom. The first-order valence-electron chi connectivity index (χ1n) is 5.57. The van der Waals surface area contributed by atoms with E-state index in [1.165, 1.54) is 0 Å². The summed E-state index contributed by atoms with van der Waals surface area (Å²) in [5, 5.41) is 0. The quantitative estimate of drug-likeness (QED) is 0.780. The Labute approximate surface area is 96.6 Å². The largest absolute Gasteiger partial charge is 0.478 e. The molecule has 0 unspecified atom stereocenters. The van der Waals surface area contributed by atoms with Crippen molar-refractivity contribution in [3.63, 3.8) is 0 Å². The van der Waals surface area contributed by atoms with Crippen LogP contribution in [0.3, 0.4) is 0 Å². The Morgan fingerprint density at radius 3 is 2.81 bits per heavy atom. The number of aryl methyl sites for hydroxylation is 1. The first-order valence-corrected chi connectivity index (χ1v) is 5.57. The maximum absolute atomic E-state index is 5.50. The van der Waals surface area contributed by atoms with Gasteiger partial charge in [0.25, 0.3) is 0 Å². The van der Waals surface area contributed by atoms with Crippen molar-refractivity contribution in [3.8, 4) is 5.88 Å². The number of nitrogens with zero attached hydrogens (tertiary/aromatic N) is 3. The minimum Gasteiger partial charge on any atom is -0.478 e. The Balaban J connectivity index is 2.80. The fourth-order valence-electron chi connectivity index (χ4n) is 1.27. The number of likely N-dealkylation sites (N-methyl/N-ethyl adjacent to an activating group) is 1. The van der Waals surface area contributed by atoms with E-state index in [0.717, 1.165) is 18.7 Å². The van der Waals surface area contributed by atoms with E-state index in [2.05, 4.69) is 16.9 Å². The molecule has 0 aliphatic rings. The lowest BCUT2D eigenvalue weighted by molar-refractivity contribution is 0.304. The van der Waals surface area contributed by atoms with Crippen molar-refractivity contribution >= 4 is 5.95 Å². The summed E-state index contributed by atoms with van der Waals surface area (Å²) < 4.78 is 5.50. The third-order valence-corrected chi connectivity index (χ3v) is 2.08. The molecule has 2 N–H and O–H groups in total. The maximum Gasteiger partial charge on any atom is 0.228 e. The van der Waals surface area contributed by atoms with Crippen molar-refractivity contribution in [1.29, 1.82) is 0 Å². The van der Waals surface area contributed by atoms with Crippen LogP contribution in [0.25, 0.3) is 0 Å². The van der Waals surface area contributed by atoms with Crippen LogP contribution in [0.5, 0.6) is 5.88 Å². The molecule has 1 heterocycles. The molecule has 1 rings (SSSR count). The third-order valence-electron chi connectivity index (χ3n) is 2.08. The van der Waals surface area contributed by atoms with E-state index in [-0.39, 0.29) is 0 Å². The average Bonchev–Trinajstić information content (AvgIpc) is 2.26. The second-order valence-corrected chi connectivity index (χ2v) is 3.71. The molecular weight excluding hydrogens is 204 g/mol. The molecule has 90 valence electrons. The summed E-state index contributed by atoms with van der Waals surface area (Å²) in [5.74, 6) is 1.30. The molecule has 0 saturated carbocycles. The van der Waals surface area contributed by atoms with E-state index in [1.807, 2.05) is 24.9 Å². The smallest absolute Gasteiger partial charge is 0.228 e. The predicted octanol–water partition coefficient (Wildman–Crippen LogP) is 0.969. The van der Waals surface area contributed by atoms with Gasteiger partial charge >= 0.3 is 0 Å². The van der Waals surface area contributed by atoms with Gasteiger partial charge in [0, 0.05) is 31.9 Å². The summed E-state index contributed by atoms with van der Waals surface area (Å²) in [6.07, 6.45) is 0.969. The summed E-state index contributed by atoms with van der Waals surface area (Å²) in [7, 11) is 1.92. The summed E-state index contributed by atoms with van der Waals surface area (Å²) in [6, 6.07) is 1.84. The summed E-state index contributed by atoms with van der Waals surface area (Å²) in [5.41, 5.74) is 6.40. The van der Waals surface area contributed by atoms with E-state index < -0.39 is 0 Å². The molecule has 0 bridgehead atoms. The Bertz CT molecular complexity index is 330. The van der Waals surface area contributed by atoms with Crippen molar-refractivity contribution < 1.29 is 4.74 Å². The molecule has 0 amide bonds. The molecule has 0 aliphatic carbocycles. The number of hydrogen-bond acceptors (Lipinski definition) is 5. The molecule has 0 aromatic carbocycles. The molecule has 1 aromatic rings. The fourth-order valence-corrected chi connectivity index (χ4v) is 1.27. The summed E-state index contributed by atoms with van der Waals surface area (Å²) in [4.78, 5) is 10.6. The molecule has 0 radical (unpaired) electrons. The molecule has 0 fully saturated rings. The molecule has 0 saturated heterocycles. The van der Waals surface area contributed by atoms with Crippen molar-refractivity contribution in [2.24, 2.45) is 5.73 Å². The van der Waals surface area contributed by atoms with Gasteiger partial charge in [-0.2, -0.15) is 4.98 Å². The fraction of sp³-hybridized carbons (Fsp3) is 0.636. The van der Waals surface area contributed by atoms with Gasteiger partial charge < -0.3 is 15.4 Å². The Hall–Kier alpha value is -1.36. The van der Waals surface area contributed by atoms with E-state index in [9.17, 15) is 0 Å². The van der Waals surface area contributed by atoms with Gasteiger partial charge in [0.05, 0.1) is 6.61 Å². The number of anilines is 1. The average molecular weight is 224 g/mol. The van der Waals surface area contributed by atoms with Crippen LogP contribution in [0.1, 0.15) is 19.0 Å². The highest BCUT2D eigenvalue weighted by molar-refractivity contribution is 5.33. The van der Waals surface area contributed by atoms with Crippen LogP contribution >= 0.6 is 0 Å². The minimum atomic E-state index is 0.582. The van der Waals surface area contributed by atoms with Gasteiger partial charge in [-0.25, -0.2) is 4.98 Å². The van der Waals surface area contributed by atoms with Crippen LogP contribution in [0.4, 0.5) is 5.95 Å². The number of rotatable bonds is 6. The normalized spacial score (nSPS) is 10.2. The van der Waals surface area contributed by atoms with Gasteiger partial charge in [0.15, 0.2) is 0 Å². The number of nitrogens with two attached hydrogens (primary N) is 1. The van der Waals surface area contributed by atoms with Gasteiger partial charge in [-0.05, 0) is 13.3 Å². The Kier molecular flexibility index (Phi) is 4.98. The zero-order valence-electron chi connectivity index (χ0n) is 10.2. The number of hydrogen-bond donors (Lipinski definition) is 1. The van der Waals surface area contributed by atoms with Crippen LogP contribution < -0.4 is 15.4 Å². The van der Waals surface area contributed by atoms with Gasteiger partial charge in [-0.15, -0.1) is 0 Å². The zero-order valence-corrected chi connectivity index (χ0v) is 10.2. The highest BCUT2D eigenvalue weighted by Gasteiger charge is 2.07. The van der Waals surface area contributed by atoms with Crippen molar-refractivity contribution in [2.75, 3.05) is 31.6 Å². The molecular formula is C11H20N4O. The standard InChI is InChI=1S/C11H20N4O/c1-4-7-16-10-8-9(2)13-11(14-10)15(3)6-5-12/h8H,4-7,12H2,1-3H3. The topological polar surface area (TPSA) is 64.3 Å². The number of aromatic nitrogens is 2. The van der Waals surface area contributed by atoms with Gasteiger partial charge in [0.2, 0.25) is 11.8 Å². The van der Waals surface area contributed by atoms with Gasteiger partial charge in [-0.3, -0.25) is 0 Å². The monoisotopic (exact) mass is 224 g/mol. The highest BCUT2D eigenvalue weighted by atomic mass is 16.5. The SMILES string of the molecule is CCCOc1cc(C)nc(N(C)CCN)n1. The van der Waals surface area contributed by atoms with E-state index in [4.69, 9.17) is 10.5 Å². The molecule has 0 spiro atoms. The van der Waals surface area contributed by atoms with Crippen LogP contribution in [0.2, 0.25) is 0 Å². The van der Waals surface area contributed by atoms with Gasteiger partial charge in [0.1, 0.15) is 0 Å². The maximum atomic E-state index is 5.50. The van der Waals surface area contributed by atoms with E-state index in [0.29, 0.717) is 25.0 Å². The summed E-state index contributed by atoms with van der Waals surface area (Å²) in [6.45, 7) is 5.99. The highest BCUT2D eigenvalue weighted by Crippen LogP contribution is 2.14. The second-order valence-electron chi connectivity index (χ2n) is 3.71. The molecule has 5 heteroatoms. The molecule has 0 atom stereocenters. The van der Waals surface area contributed by atoms with Crippen LogP contribution in [0.15, 0.2) is 6.07 Å². The first kappa shape index (κ1) is 12.7. The lowest BCUT2D eigenvalue weighted by Gasteiger charge is -2.17. The Morgan fingerprint density at radius 2 is 2.19 bits per heavy atom. The lowest BCUT2D eigenvalue weighted by Crippen LogP contribution is -2.27. The van der Waals surface area contributed by atoms with Crippen LogP contribution in [-0.4, -0.2) is 36.7 Å². The van der Waals surface area contributed by atoms with E-state index >= 15 is 0 Å². The van der Waals surface area contributed by atoms with Gasteiger partial charge in [-0.1, -0.05) is 6.92 Å². The molecule has 0 aliphatic heterocycles.